The van der Waals surface area contributed by atoms with Crippen molar-refractivity contribution in [3.63, 3.8) is 0 Å². The van der Waals surface area contributed by atoms with Crippen LogP contribution < -0.4 is 5.43 Å². The minimum Gasteiger partial charge on any atom is -0.742 e. The SMILES string of the molecule is O=C(N/N=C/c1ccc(S(=O)(=O)[O-])o1)c1ccc(Br)cc1. The van der Waals surface area contributed by atoms with Crippen LogP contribution in [-0.2, 0) is 10.1 Å². The molecule has 0 unspecified atom stereocenters. The fraction of sp³-hybridized carbons (Fsp3) is 0. The first-order chi connectivity index (χ1) is 9.86. The van der Waals surface area contributed by atoms with Gasteiger partial charge in [-0.15, -0.1) is 0 Å². The average Bonchev–Trinajstić information content (AvgIpc) is 2.88. The zero-order valence-electron chi connectivity index (χ0n) is 10.3. The summed E-state index contributed by atoms with van der Waals surface area (Å²) in [6, 6.07) is 8.88. The molecular weight excluding hydrogens is 364 g/mol. The maximum absolute atomic E-state index is 11.7. The summed E-state index contributed by atoms with van der Waals surface area (Å²) in [6.07, 6.45) is 1.09. The molecule has 0 saturated heterocycles. The normalized spacial score (nSPS) is 11.7. The van der Waals surface area contributed by atoms with Gasteiger partial charge < -0.3 is 8.97 Å². The number of nitrogens with zero attached hydrogens (tertiary/aromatic N) is 1. The Morgan fingerprint density at radius 1 is 1.24 bits per heavy atom. The quantitative estimate of drug-likeness (QED) is 0.499. The van der Waals surface area contributed by atoms with Crippen molar-refractivity contribution in [3.8, 4) is 0 Å². The fourth-order valence-electron chi connectivity index (χ4n) is 1.36. The lowest BCUT2D eigenvalue weighted by atomic mass is 10.2. The highest BCUT2D eigenvalue weighted by Gasteiger charge is 2.07. The maximum Gasteiger partial charge on any atom is 0.271 e. The third kappa shape index (κ3) is 4.25. The fourth-order valence-corrected chi connectivity index (χ4v) is 2.06. The van der Waals surface area contributed by atoms with Gasteiger partial charge in [-0.2, -0.15) is 5.10 Å². The highest BCUT2D eigenvalue weighted by Crippen LogP contribution is 2.12. The zero-order valence-corrected chi connectivity index (χ0v) is 12.7. The molecule has 0 radical (unpaired) electrons. The Morgan fingerprint density at radius 2 is 1.90 bits per heavy atom. The van der Waals surface area contributed by atoms with E-state index in [0.717, 1.165) is 16.8 Å². The number of nitrogens with one attached hydrogen (secondary N) is 1. The van der Waals surface area contributed by atoms with Crippen molar-refractivity contribution in [1.82, 2.24) is 5.43 Å². The standard InChI is InChI=1S/C12H9BrN2O5S/c13-9-3-1-8(2-4-9)12(16)15-14-7-10-5-6-11(20-10)21(17,18)19/h1-7H,(H,15,16)(H,17,18,19)/p-1/b14-7+. The number of rotatable bonds is 4. The van der Waals surface area contributed by atoms with Crippen LogP contribution in [0.1, 0.15) is 16.1 Å². The van der Waals surface area contributed by atoms with Crippen molar-refractivity contribution in [2.75, 3.05) is 0 Å². The molecule has 0 atom stereocenters. The minimum atomic E-state index is -4.64. The monoisotopic (exact) mass is 371 g/mol. The molecule has 2 aromatic rings. The Bertz CT molecular complexity index is 780. The summed E-state index contributed by atoms with van der Waals surface area (Å²) < 4.78 is 37.6. The maximum atomic E-state index is 11.7. The Balaban J connectivity index is 2.01. The zero-order chi connectivity index (χ0) is 15.5. The molecule has 0 aliphatic carbocycles. The van der Waals surface area contributed by atoms with Crippen molar-refractivity contribution in [2.45, 2.75) is 5.09 Å². The van der Waals surface area contributed by atoms with Gasteiger partial charge in [0.15, 0.2) is 10.1 Å². The van der Waals surface area contributed by atoms with E-state index in [1.807, 2.05) is 0 Å². The van der Waals surface area contributed by atoms with Gasteiger partial charge >= 0.3 is 0 Å². The third-order valence-corrected chi connectivity index (χ3v) is 3.55. The first kappa shape index (κ1) is 15.4. The molecular formula is C12H8BrN2O5S-. The van der Waals surface area contributed by atoms with Crippen molar-refractivity contribution in [1.29, 1.82) is 0 Å². The van der Waals surface area contributed by atoms with Crippen LogP contribution in [0.5, 0.6) is 0 Å². The molecule has 7 nitrogen and oxygen atoms in total. The summed E-state index contributed by atoms with van der Waals surface area (Å²) in [5, 5.41) is 2.90. The van der Waals surface area contributed by atoms with E-state index in [1.54, 1.807) is 24.3 Å². The molecule has 1 heterocycles. The number of benzene rings is 1. The van der Waals surface area contributed by atoms with Crippen LogP contribution >= 0.6 is 15.9 Å². The number of carbonyl (C=O) groups excluding carboxylic acids is 1. The first-order valence-corrected chi connectivity index (χ1v) is 7.71. The van der Waals surface area contributed by atoms with Crippen molar-refractivity contribution in [3.05, 3.63) is 52.2 Å². The molecule has 2 rings (SSSR count). The summed E-state index contributed by atoms with van der Waals surface area (Å²) >= 11 is 3.25. The van der Waals surface area contributed by atoms with Crippen LogP contribution in [0.3, 0.4) is 0 Å². The van der Waals surface area contributed by atoms with Gasteiger partial charge in [0.2, 0.25) is 5.09 Å². The lowest BCUT2D eigenvalue weighted by molar-refractivity contribution is 0.0955. The number of hydrogen-bond donors (Lipinski definition) is 1. The van der Waals surface area contributed by atoms with Gasteiger partial charge in [0.1, 0.15) is 5.76 Å². The number of halogens is 1. The molecule has 21 heavy (non-hydrogen) atoms. The van der Waals surface area contributed by atoms with Gasteiger partial charge in [0.05, 0.1) is 6.21 Å². The van der Waals surface area contributed by atoms with E-state index < -0.39 is 21.1 Å². The highest BCUT2D eigenvalue weighted by molar-refractivity contribution is 9.10. The Labute approximate surface area is 128 Å². The van der Waals surface area contributed by atoms with Crippen LogP contribution in [0.4, 0.5) is 0 Å². The number of carbonyl (C=O) groups is 1. The molecule has 0 saturated carbocycles. The van der Waals surface area contributed by atoms with Crippen LogP contribution in [0, 0.1) is 0 Å². The van der Waals surface area contributed by atoms with Crippen LogP contribution in [0.15, 0.2) is 55.5 Å². The molecule has 1 aromatic carbocycles. The molecule has 0 aliphatic heterocycles. The second kappa shape index (κ2) is 6.20. The van der Waals surface area contributed by atoms with Gasteiger partial charge in [0.25, 0.3) is 5.91 Å². The molecule has 1 aromatic heterocycles. The lowest BCUT2D eigenvalue weighted by Crippen LogP contribution is -2.17. The lowest BCUT2D eigenvalue weighted by Gasteiger charge is -2.00. The molecule has 1 amide bonds. The van der Waals surface area contributed by atoms with E-state index in [-0.39, 0.29) is 5.76 Å². The topological polar surface area (TPSA) is 112 Å². The number of hydrazone groups is 1. The summed E-state index contributed by atoms with van der Waals surface area (Å²) in [5.41, 5.74) is 2.64. The number of amides is 1. The van der Waals surface area contributed by atoms with E-state index in [4.69, 9.17) is 4.42 Å². The molecule has 110 valence electrons. The predicted molar refractivity (Wildman–Crippen MR) is 75.9 cm³/mol. The van der Waals surface area contributed by atoms with Crippen LogP contribution in [0.25, 0.3) is 0 Å². The third-order valence-electron chi connectivity index (χ3n) is 2.31. The van der Waals surface area contributed by atoms with Gasteiger partial charge in [-0.3, -0.25) is 4.79 Å². The van der Waals surface area contributed by atoms with E-state index in [9.17, 15) is 17.8 Å². The smallest absolute Gasteiger partial charge is 0.271 e. The summed E-state index contributed by atoms with van der Waals surface area (Å²) in [7, 11) is -4.64. The average molecular weight is 372 g/mol. The van der Waals surface area contributed by atoms with Gasteiger partial charge in [-0.05, 0) is 36.4 Å². The van der Waals surface area contributed by atoms with Crippen LogP contribution in [-0.4, -0.2) is 25.1 Å². The Kier molecular flexibility index (Phi) is 4.56. The summed E-state index contributed by atoms with van der Waals surface area (Å²) in [4.78, 5) is 11.7. The van der Waals surface area contributed by atoms with E-state index in [1.165, 1.54) is 6.07 Å². The van der Waals surface area contributed by atoms with E-state index in [2.05, 4.69) is 26.5 Å². The minimum absolute atomic E-state index is 0.0283. The van der Waals surface area contributed by atoms with Crippen LogP contribution in [0.2, 0.25) is 0 Å². The number of hydrogen-bond acceptors (Lipinski definition) is 6. The highest BCUT2D eigenvalue weighted by atomic mass is 79.9. The van der Waals surface area contributed by atoms with Crippen molar-refractivity contribution in [2.24, 2.45) is 5.10 Å². The summed E-state index contributed by atoms with van der Waals surface area (Å²) in [6.45, 7) is 0. The van der Waals surface area contributed by atoms with Gasteiger partial charge in [-0.25, -0.2) is 13.8 Å². The summed E-state index contributed by atoms with van der Waals surface area (Å²) in [5.74, 6) is -0.414. The Hall–Kier alpha value is -1.97. The molecule has 0 fully saturated rings. The van der Waals surface area contributed by atoms with Crippen molar-refractivity contribution < 1.29 is 22.2 Å². The number of furan rings is 1. The van der Waals surface area contributed by atoms with Gasteiger partial charge in [-0.1, -0.05) is 15.9 Å². The van der Waals surface area contributed by atoms with Crippen molar-refractivity contribution >= 4 is 38.2 Å². The second-order valence-corrected chi connectivity index (χ2v) is 6.04. The largest absolute Gasteiger partial charge is 0.742 e. The molecule has 1 N–H and O–H groups in total. The van der Waals surface area contributed by atoms with Gasteiger partial charge in [0, 0.05) is 10.0 Å². The first-order valence-electron chi connectivity index (χ1n) is 5.51. The predicted octanol–water partition coefficient (Wildman–Crippen LogP) is 1.71. The van der Waals surface area contributed by atoms with E-state index in [0.29, 0.717) is 5.56 Å². The molecule has 0 bridgehead atoms. The molecule has 0 spiro atoms. The molecule has 0 aliphatic rings. The second-order valence-electron chi connectivity index (χ2n) is 3.82. The van der Waals surface area contributed by atoms with E-state index >= 15 is 0 Å². The Morgan fingerprint density at radius 3 is 2.48 bits per heavy atom. The molecule has 9 heteroatoms.